The molecular weight excluding hydrogens is 338 g/mol. The van der Waals surface area contributed by atoms with E-state index in [-0.39, 0.29) is 5.91 Å². The number of para-hydroxylation sites is 2. The van der Waals surface area contributed by atoms with Gasteiger partial charge in [0.15, 0.2) is 0 Å². The highest BCUT2D eigenvalue weighted by Gasteiger charge is 2.14. The van der Waals surface area contributed by atoms with Gasteiger partial charge in [-0.05, 0) is 43.9 Å². The number of nitrogens with zero attached hydrogens (tertiary/aromatic N) is 4. The minimum Gasteiger partial charge on any atom is -0.349 e. The summed E-state index contributed by atoms with van der Waals surface area (Å²) in [6.07, 6.45) is 1.17. The van der Waals surface area contributed by atoms with Crippen LogP contribution >= 0.6 is 0 Å². The fraction of sp³-hybridized carbons (Fsp3) is 0.476. The number of aryl methyl sites for hydroxylation is 2. The van der Waals surface area contributed by atoms with Gasteiger partial charge in [0.25, 0.3) is 0 Å². The normalized spacial score (nSPS) is 11.5. The van der Waals surface area contributed by atoms with Gasteiger partial charge in [0.2, 0.25) is 5.91 Å². The highest BCUT2D eigenvalue weighted by atomic mass is 16.1. The average molecular weight is 367 g/mol. The SMILES string of the molecule is Cc1nn(CC(C)C)c(C)c1CCC(=O)NCc1nc2ccccc2n1C. The van der Waals surface area contributed by atoms with Crippen molar-refractivity contribution in [2.24, 2.45) is 13.0 Å². The van der Waals surface area contributed by atoms with Crippen LogP contribution in [0.4, 0.5) is 0 Å². The highest BCUT2D eigenvalue weighted by molar-refractivity contribution is 5.77. The maximum Gasteiger partial charge on any atom is 0.220 e. The molecule has 0 aliphatic rings. The van der Waals surface area contributed by atoms with Crippen LogP contribution < -0.4 is 5.32 Å². The number of aromatic nitrogens is 4. The van der Waals surface area contributed by atoms with Gasteiger partial charge < -0.3 is 9.88 Å². The van der Waals surface area contributed by atoms with E-state index in [1.807, 2.05) is 42.8 Å². The second-order valence-corrected chi connectivity index (χ2v) is 7.58. The van der Waals surface area contributed by atoms with E-state index in [9.17, 15) is 4.79 Å². The maximum absolute atomic E-state index is 12.3. The van der Waals surface area contributed by atoms with E-state index < -0.39 is 0 Å². The number of rotatable bonds is 7. The van der Waals surface area contributed by atoms with Crippen LogP contribution in [0.3, 0.4) is 0 Å². The molecule has 0 atom stereocenters. The summed E-state index contributed by atoms with van der Waals surface area (Å²) in [6.45, 7) is 9.83. The Hall–Kier alpha value is -2.63. The van der Waals surface area contributed by atoms with Crippen LogP contribution in [-0.4, -0.2) is 25.2 Å². The third kappa shape index (κ3) is 4.21. The first-order chi connectivity index (χ1) is 12.9. The van der Waals surface area contributed by atoms with Crippen molar-refractivity contribution in [3.8, 4) is 0 Å². The number of carbonyl (C=O) groups excluding carboxylic acids is 1. The van der Waals surface area contributed by atoms with Crippen LogP contribution in [0.25, 0.3) is 11.0 Å². The number of amides is 1. The Bertz CT molecular complexity index is 951. The van der Waals surface area contributed by atoms with E-state index in [4.69, 9.17) is 0 Å². The van der Waals surface area contributed by atoms with Crippen molar-refractivity contribution in [3.63, 3.8) is 0 Å². The minimum absolute atomic E-state index is 0.0393. The number of benzene rings is 1. The molecule has 0 bridgehead atoms. The second kappa shape index (κ2) is 7.94. The Morgan fingerprint density at radius 1 is 1.22 bits per heavy atom. The van der Waals surface area contributed by atoms with Gasteiger partial charge in [0.1, 0.15) is 5.82 Å². The molecule has 6 heteroatoms. The van der Waals surface area contributed by atoms with E-state index in [2.05, 4.69) is 40.9 Å². The zero-order valence-electron chi connectivity index (χ0n) is 16.9. The van der Waals surface area contributed by atoms with Gasteiger partial charge in [-0.2, -0.15) is 5.10 Å². The van der Waals surface area contributed by atoms with Crippen LogP contribution in [0.5, 0.6) is 0 Å². The van der Waals surface area contributed by atoms with E-state index in [0.29, 0.717) is 25.3 Å². The second-order valence-electron chi connectivity index (χ2n) is 7.58. The first kappa shape index (κ1) is 19.1. The maximum atomic E-state index is 12.3. The molecule has 3 rings (SSSR count). The Morgan fingerprint density at radius 2 is 1.96 bits per heavy atom. The molecule has 0 radical (unpaired) electrons. The molecule has 6 nitrogen and oxygen atoms in total. The Kier molecular flexibility index (Phi) is 5.63. The smallest absolute Gasteiger partial charge is 0.220 e. The van der Waals surface area contributed by atoms with E-state index in [1.54, 1.807) is 0 Å². The molecule has 1 amide bonds. The lowest BCUT2D eigenvalue weighted by Crippen LogP contribution is -2.24. The van der Waals surface area contributed by atoms with Crippen LogP contribution in [0.2, 0.25) is 0 Å². The van der Waals surface area contributed by atoms with Crippen molar-refractivity contribution in [1.82, 2.24) is 24.6 Å². The molecule has 1 N–H and O–H groups in total. The summed E-state index contributed by atoms with van der Waals surface area (Å²) in [4.78, 5) is 16.9. The number of carbonyl (C=O) groups is 1. The fourth-order valence-corrected chi connectivity index (χ4v) is 3.48. The molecule has 0 saturated heterocycles. The van der Waals surface area contributed by atoms with Gasteiger partial charge in [-0.15, -0.1) is 0 Å². The summed E-state index contributed by atoms with van der Waals surface area (Å²) in [5, 5.41) is 7.63. The summed E-state index contributed by atoms with van der Waals surface area (Å²) in [7, 11) is 1.98. The molecule has 0 aliphatic heterocycles. The monoisotopic (exact) mass is 367 g/mol. The van der Waals surface area contributed by atoms with Crippen molar-refractivity contribution in [3.05, 3.63) is 47.0 Å². The first-order valence-electron chi connectivity index (χ1n) is 9.56. The standard InChI is InChI=1S/C21H29N5O/c1-14(2)13-26-16(4)17(15(3)24-26)10-11-21(27)22-12-20-23-18-8-6-7-9-19(18)25(20)5/h6-9,14H,10-13H2,1-5H3,(H,22,27). The Morgan fingerprint density at radius 3 is 2.67 bits per heavy atom. The topological polar surface area (TPSA) is 64.7 Å². The van der Waals surface area contributed by atoms with Gasteiger partial charge in [0, 0.05) is 25.7 Å². The summed E-state index contributed by atoms with van der Waals surface area (Å²) in [5.41, 5.74) is 5.41. The minimum atomic E-state index is 0.0393. The molecule has 0 unspecified atom stereocenters. The summed E-state index contributed by atoms with van der Waals surface area (Å²) < 4.78 is 4.09. The molecule has 0 fully saturated rings. The van der Waals surface area contributed by atoms with Gasteiger partial charge in [-0.25, -0.2) is 4.98 Å². The van der Waals surface area contributed by atoms with Crippen molar-refractivity contribution in [2.45, 2.75) is 53.6 Å². The van der Waals surface area contributed by atoms with Crippen LogP contribution in [0.15, 0.2) is 24.3 Å². The number of nitrogens with one attached hydrogen (secondary N) is 1. The molecule has 1 aromatic carbocycles. The lowest BCUT2D eigenvalue weighted by molar-refractivity contribution is -0.121. The predicted octanol–water partition coefficient (Wildman–Crippen LogP) is 3.29. The van der Waals surface area contributed by atoms with Crippen LogP contribution in [-0.2, 0) is 31.4 Å². The van der Waals surface area contributed by atoms with Crippen molar-refractivity contribution in [1.29, 1.82) is 0 Å². The van der Waals surface area contributed by atoms with Gasteiger partial charge in [0.05, 0.1) is 23.3 Å². The van der Waals surface area contributed by atoms with Crippen LogP contribution in [0, 0.1) is 19.8 Å². The lowest BCUT2D eigenvalue weighted by atomic mass is 10.1. The zero-order valence-corrected chi connectivity index (χ0v) is 16.9. The molecule has 0 saturated carbocycles. The zero-order chi connectivity index (χ0) is 19.6. The average Bonchev–Trinajstić information content (AvgIpc) is 3.08. The van der Waals surface area contributed by atoms with Gasteiger partial charge in [-0.3, -0.25) is 9.48 Å². The molecule has 144 valence electrons. The molecule has 2 heterocycles. The highest BCUT2D eigenvalue weighted by Crippen LogP contribution is 2.17. The van der Waals surface area contributed by atoms with Crippen molar-refractivity contribution < 1.29 is 4.79 Å². The summed E-state index contributed by atoms with van der Waals surface area (Å²) >= 11 is 0. The predicted molar refractivity (Wildman–Crippen MR) is 107 cm³/mol. The molecule has 0 spiro atoms. The number of imidazole rings is 1. The summed E-state index contributed by atoms with van der Waals surface area (Å²) in [6, 6.07) is 7.99. The molecule has 2 aromatic heterocycles. The largest absolute Gasteiger partial charge is 0.349 e. The molecule has 0 aliphatic carbocycles. The molecule has 27 heavy (non-hydrogen) atoms. The number of hydrogen-bond donors (Lipinski definition) is 1. The van der Waals surface area contributed by atoms with Gasteiger partial charge >= 0.3 is 0 Å². The molecular formula is C21H29N5O. The van der Waals surface area contributed by atoms with Crippen molar-refractivity contribution in [2.75, 3.05) is 0 Å². The van der Waals surface area contributed by atoms with E-state index in [1.165, 1.54) is 11.3 Å². The van der Waals surface area contributed by atoms with Crippen LogP contribution in [0.1, 0.15) is 43.0 Å². The van der Waals surface area contributed by atoms with Gasteiger partial charge in [-0.1, -0.05) is 26.0 Å². The van der Waals surface area contributed by atoms with E-state index in [0.717, 1.165) is 29.1 Å². The van der Waals surface area contributed by atoms with E-state index >= 15 is 0 Å². The number of hydrogen-bond acceptors (Lipinski definition) is 3. The molecule has 3 aromatic rings. The third-order valence-corrected chi connectivity index (χ3v) is 4.99. The fourth-order valence-electron chi connectivity index (χ4n) is 3.48. The Labute approximate surface area is 160 Å². The quantitative estimate of drug-likeness (QED) is 0.697. The lowest BCUT2D eigenvalue weighted by Gasteiger charge is -2.08. The Balaban J connectivity index is 1.58. The first-order valence-corrected chi connectivity index (χ1v) is 9.56. The summed E-state index contributed by atoms with van der Waals surface area (Å²) in [5.74, 6) is 1.45. The number of fused-ring (bicyclic) bond motifs is 1. The third-order valence-electron chi connectivity index (χ3n) is 4.99. The van der Waals surface area contributed by atoms with Crippen molar-refractivity contribution >= 4 is 16.9 Å².